The Bertz CT molecular complexity index is 477. The number of anilines is 1. The number of nitrogen functional groups attached to an aromatic ring is 1. The van der Waals surface area contributed by atoms with E-state index >= 15 is 0 Å². The van der Waals surface area contributed by atoms with Crippen molar-refractivity contribution >= 4 is 5.69 Å². The van der Waals surface area contributed by atoms with Gasteiger partial charge in [-0.05, 0) is 30.2 Å². The standard InChI is InChI=1S/C13H12FN/c1-9-7-11(12(14)8-13(9)15)10-5-3-2-4-6-10/h2-8H,15H2,1H3. The van der Waals surface area contributed by atoms with E-state index in [-0.39, 0.29) is 5.82 Å². The van der Waals surface area contributed by atoms with Crippen LogP contribution in [-0.4, -0.2) is 0 Å². The minimum absolute atomic E-state index is 0.274. The number of halogens is 1. The summed E-state index contributed by atoms with van der Waals surface area (Å²) in [5.74, 6) is -0.274. The number of aryl methyl sites for hydroxylation is 1. The van der Waals surface area contributed by atoms with E-state index in [1.165, 1.54) is 6.07 Å². The molecule has 0 radical (unpaired) electrons. The summed E-state index contributed by atoms with van der Waals surface area (Å²) in [7, 11) is 0. The summed E-state index contributed by atoms with van der Waals surface area (Å²) in [5, 5.41) is 0. The molecule has 0 atom stereocenters. The van der Waals surface area contributed by atoms with Crippen LogP contribution in [0.5, 0.6) is 0 Å². The molecule has 0 bridgehead atoms. The van der Waals surface area contributed by atoms with Crippen LogP contribution >= 0.6 is 0 Å². The summed E-state index contributed by atoms with van der Waals surface area (Å²) < 4.78 is 13.6. The Kier molecular flexibility index (Phi) is 2.42. The van der Waals surface area contributed by atoms with Gasteiger partial charge in [-0.3, -0.25) is 0 Å². The van der Waals surface area contributed by atoms with Crippen molar-refractivity contribution in [1.82, 2.24) is 0 Å². The predicted octanol–water partition coefficient (Wildman–Crippen LogP) is 3.38. The lowest BCUT2D eigenvalue weighted by molar-refractivity contribution is 0.631. The average molecular weight is 201 g/mol. The minimum atomic E-state index is -0.274. The molecular formula is C13H12FN. The monoisotopic (exact) mass is 201 g/mol. The Morgan fingerprint density at radius 3 is 2.40 bits per heavy atom. The molecule has 0 unspecified atom stereocenters. The van der Waals surface area contributed by atoms with E-state index in [1.807, 2.05) is 37.3 Å². The van der Waals surface area contributed by atoms with E-state index in [9.17, 15) is 4.39 Å². The molecule has 0 spiro atoms. The first-order valence-corrected chi connectivity index (χ1v) is 4.79. The van der Waals surface area contributed by atoms with Crippen LogP contribution in [-0.2, 0) is 0 Å². The Balaban J connectivity index is 2.59. The molecule has 2 aromatic rings. The summed E-state index contributed by atoms with van der Waals surface area (Å²) in [6.45, 7) is 1.88. The van der Waals surface area contributed by atoms with Gasteiger partial charge in [0.2, 0.25) is 0 Å². The van der Waals surface area contributed by atoms with Crippen LogP contribution in [0.25, 0.3) is 11.1 Å². The van der Waals surface area contributed by atoms with Crippen molar-refractivity contribution in [2.75, 3.05) is 5.73 Å². The van der Waals surface area contributed by atoms with Gasteiger partial charge in [0.05, 0.1) is 0 Å². The third-order valence-electron chi connectivity index (χ3n) is 2.44. The first kappa shape index (κ1) is 9.71. The number of nitrogens with two attached hydrogens (primary N) is 1. The molecule has 1 nitrogen and oxygen atoms in total. The Hall–Kier alpha value is -1.83. The normalized spacial score (nSPS) is 10.3. The molecule has 2 N–H and O–H groups in total. The average Bonchev–Trinajstić information content (AvgIpc) is 2.25. The van der Waals surface area contributed by atoms with Crippen LogP contribution < -0.4 is 5.73 Å². The Labute approximate surface area is 88.4 Å². The lowest BCUT2D eigenvalue weighted by Crippen LogP contribution is -1.93. The van der Waals surface area contributed by atoms with E-state index in [2.05, 4.69) is 0 Å². The SMILES string of the molecule is Cc1cc(-c2ccccc2)c(F)cc1N. The second-order valence-electron chi connectivity index (χ2n) is 3.55. The van der Waals surface area contributed by atoms with Crippen molar-refractivity contribution in [2.45, 2.75) is 6.92 Å². The van der Waals surface area contributed by atoms with Crippen LogP contribution in [0.3, 0.4) is 0 Å². The summed E-state index contributed by atoms with van der Waals surface area (Å²) in [6.07, 6.45) is 0. The second kappa shape index (κ2) is 3.73. The zero-order valence-corrected chi connectivity index (χ0v) is 8.50. The van der Waals surface area contributed by atoms with Crippen molar-refractivity contribution < 1.29 is 4.39 Å². The van der Waals surface area contributed by atoms with Crippen LogP contribution in [0.2, 0.25) is 0 Å². The molecule has 2 rings (SSSR count). The van der Waals surface area contributed by atoms with Crippen LogP contribution in [0.4, 0.5) is 10.1 Å². The van der Waals surface area contributed by atoms with Crippen molar-refractivity contribution in [3.63, 3.8) is 0 Å². The third-order valence-corrected chi connectivity index (χ3v) is 2.44. The van der Waals surface area contributed by atoms with Crippen molar-refractivity contribution in [3.05, 3.63) is 53.8 Å². The van der Waals surface area contributed by atoms with Gasteiger partial charge in [-0.2, -0.15) is 0 Å². The maximum atomic E-state index is 13.6. The highest BCUT2D eigenvalue weighted by Crippen LogP contribution is 2.26. The van der Waals surface area contributed by atoms with Crippen LogP contribution in [0.15, 0.2) is 42.5 Å². The highest BCUT2D eigenvalue weighted by atomic mass is 19.1. The molecule has 0 aliphatic heterocycles. The van der Waals surface area contributed by atoms with E-state index in [0.29, 0.717) is 11.3 Å². The van der Waals surface area contributed by atoms with Gasteiger partial charge in [-0.15, -0.1) is 0 Å². The van der Waals surface area contributed by atoms with Gasteiger partial charge >= 0.3 is 0 Å². The molecule has 0 amide bonds. The van der Waals surface area contributed by atoms with Gasteiger partial charge < -0.3 is 5.73 Å². The molecule has 0 aromatic heterocycles. The molecule has 0 fully saturated rings. The zero-order chi connectivity index (χ0) is 10.8. The highest BCUT2D eigenvalue weighted by Gasteiger charge is 2.06. The van der Waals surface area contributed by atoms with Gasteiger partial charge in [0, 0.05) is 11.3 Å². The largest absolute Gasteiger partial charge is 0.398 e. The topological polar surface area (TPSA) is 26.0 Å². The van der Waals surface area contributed by atoms with E-state index in [0.717, 1.165) is 11.1 Å². The fraction of sp³-hybridized carbons (Fsp3) is 0.0769. The lowest BCUT2D eigenvalue weighted by Gasteiger charge is -2.07. The molecule has 0 aliphatic carbocycles. The smallest absolute Gasteiger partial charge is 0.133 e. The maximum absolute atomic E-state index is 13.6. The minimum Gasteiger partial charge on any atom is -0.398 e. The number of hydrogen-bond acceptors (Lipinski definition) is 1. The van der Waals surface area contributed by atoms with E-state index in [1.54, 1.807) is 6.07 Å². The van der Waals surface area contributed by atoms with Gasteiger partial charge in [-0.25, -0.2) is 4.39 Å². The first-order chi connectivity index (χ1) is 7.18. The quantitative estimate of drug-likeness (QED) is 0.703. The lowest BCUT2D eigenvalue weighted by atomic mass is 10.0. The molecule has 76 valence electrons. The van der Waals surface area contributed by atoms with Gasteiger partial charge in [-0.1, -0.05) is 30.3 Å². The van der Waals surface area contributed by atoms with Gasteiger partial charge in [0.15, 0.2) is 0 Å². The van der Waals surface area contributed by atoms with Crippen molar-refractivity contribution in [1.29, 1.82) is 0 Å². The number of hydrogen-bond donors (Lipinski definition) is 1. The molecule has 2 aromatic carbocycles. The molecule has 0 saturated carbocycles. The van der Waals surface area contributed by atoms with Crippen LogP contribution in [0.1, 0.15) is 5.56 Å². The van der Waals surface area contributed by atoms with Gasteiger partial charge in [0.1, 0.15) is 5.82 Å². The zero-order valence-electron chi connectivity index (χ0n) is 8.50. The maximum Gasteiger partial charge on any atom is 0.133 e. The second-order valence-corrected chi connectivity index (χ2v) is 3.55. The van der Waals surface area contributed by atoms with E-state index in [4.69, 9.17) is 5.73 Å². The molecular weight excluding hydrogens is 189 g/mol. The molecule has 0 heterocycles. The summed E-state index contributed by atoms with van der Waals surface area (Å²) >= 11 is 0. The number of benzene rings is 2. The summed E-state index contributed by atoms with van der Waals surface area (Å²) in [4.78, 5) is 0. The van der Waals surface area contributed by atoms with Gasteiger partial charge in [0.25, 0.3) is 0 Å². The first-order valence-electron chi connectivity index (χ1n) is 4.79. The van der Waals surface area contributed by atoms with Crippen molar-refractivity contribution in [3.8, 4) is 11.1 Å². The predicted molar refractivity (Wildman–Crippen MR) is 61.0 cm³/mol. The molecule has 2 heteroatoms. The van der Waals surface area contributed by atoms with Crippen molar-refractivity contribution in [2.24, 2.45) is 0 Å². The molecule has 0 saturated heterocycles. The molecule has 0 aliphatic rings. The fourth-order valence-electron chi connectivity index (χ4n) is 1.54. The van der Waals surface area contributed by atoms with Crippen LogP contribution in [0, 0.1) is 12.7 Å². The fourth-order valence-corrected chi connectivity index (χ4v) is 1.54. The Morgan fingerprint density at radius 1 is 1.07 bits per heavy atom. The Morgan fingerprint density at radius 2 is 1.73 bits per heavy atom. The number of rotatable bonds is 1. The summed E-state index contributed by atoms with van der Waals surface area (Å²) in [5.41, 5.74) is 8.49. The molecule has 15 heavy (non-hydrogen) atoms. The highest BCUT2D eigenvalue weighted by molar-refractivity contribution is 5.68. The van der Waals surface area contributed by atoms with E-state index < -0.39 is 0 Å². The third kappa shape index (κ3) is 1.84. The summed E-state index contributed by atoms with van der Waals surface area (Å²) in [6, 6.07) is 12.6.